The van der Waals surface area contributed by atoms with Gasteiger partial charge in [-0.3, -0.25) is 14.6 Å². The summed E-state index contributed by atoms with van der Waals surface area (Å²) in [6.45, 7) is 9.12. The second kappa shape index (κ2) is 10.9. The summed E-state index contributed by atoms with van der Waals surface area (Å²) in [6.07, 6.45) is 0.826. The van der Waals surface area contributed by atoms with Crippen LogP contribution < -0.4 is 9.64 Å². The number of aromatic nitrogens is 2. The topological polar surface area (TPSA) is 80.9 Å². The number of ether oxygens (including phenoxy) is 2. The summed E-state index contributed by atoms with van der Waals surface area (Å²) in [5, 5.41) is 4.50. The molecule has 0 bridgehead atoms. The van der Waals surface area contributed by atoms with Gasteiger partial charge in [0.25, 0.3) is 5.91 Å². The van der Waals surface area contributed by atoms with E-state index >= 15 is 0 Å². The first kappa shape index (κ1) is 23.5. The summed E-state index contributed by atoms with van der Waals surface area (Å²) in [5.74, 6) is 0.728. The molecule has 0 aliphatic carbocycles. The summed E-state index contributed by atoms with van der Waals surface area (Å²) in [4.78, 5) is 22.0. The fourth-order valence-corrected chi connectivity index (χ4v) is 4.47. The Morgan fingerprint density at radius 2 is 2.13 bits per heavy atom. The zero-order valence-corrected chi connectivity index (χ0v) is 19.3. The van der Waals surface area contributed by atoms with E-state index in [1.807, 2.05) is 25.1 Å². The highest BCUT2D eigenvalue weighted by molar-refractivity contribution is 7.22. The molecule has 31 heavy (non-hydrogen) atoms. The molecular formula is C21H27ClN4O4S. The number of fused-ring (bicyclic) bond motifs is 1. The highest BCUT2D eigenvalue weighted by atomic mass is 35.5. The first-order valence-electron chi connectivity index (χ1n) is 10.2. The first-order chi connectivity index (χ1) is 14.7. The minimum absolute atomic E-state index is 0. The molecule has 3 aromatic rings. The Bertz CT molecular complexity index is 1000. The van der Waals surface area contributed by atoms with Crippen LogP contribution >= 0.6 is 23.7 Å². The number of carbonyl (C=O) groups excluding carboxylic acids is 1. The quantitative estimate of drug-likeness (QED) is 0.499. The highest BCUT2D eigenvalue weighted by Gasteiger charge is 2.25. The fraction of sp³-hybridized carbons (Fsp3) is 0.476. The Labute approximate surface area is 191 Å². The molecule has 0 radical (unpaired) electrons. The van der Waals surface area contributed by atoms with E-state index in [1.165, 1.54) is 11.3 Å². The van der Waals surface area contributed by atoms with Crippen molar-refractivity contribution in [3.8, 4) is 5.75 Å². The Morgan fingerprint density at radius 3 is 2.84 bits per heavy atom. The molecule has 0 atom stereocenters. The second-order valence-electron chi connectivity index (χ2n) is 7.13. The van der Waals surface area contributed by atoms with Gasteiger partial charge in [-0.25, -0.2) is 4.98 Å². The number of benzene rings is 1. The van der Waals surface area contributed by atoms with Gasteiger partial charge < -0.3 is 14.0 Å². The van der Waals surface area contributed by atoms with Crippen molar-refractivity contribution in [1.29, 1.82) is 0 Å². The standard InChI is InChI=1S/C21H26N4O4S.ClH/c1-3-28-16-6-4-7-18-19(16)22-21(30-18)25(20(26)17-14-15(2)23-29-17)9-5-8-24-10-12-27-13-11-24;/h4,6-7,14H,3,5,8-13H2,1-2H3;1H. The molecule has 0 spiro atoms. The lowest BCUT2D eigenvalue weighted by atomic mass is 10.3. The predicted octanol–water partition coefficient (Wildman–Crippen LogP) is 3.78. The van der Waals surface area contributed by atoms with Crippen molar-refractivity contribution in [1.82, 2.24) is 15.0 Å². The van der Waals surface area contributed by atoms with Gasteiger partial charge in [-0.1, -0.05) is 22.6 Å². The molecule has 0 N–H and O–H groups in total. The van der Waals surface area contributed by atoms with Crippen LogP contribution in [-0.2, 0) is 4.74 Å². The minimum atomic E-state index is -0.227. The molecule has 1 aliphatic rings. The number of aryl methyl sites for hydroxylation is 1. The molecule has 10 heteroatoms. The minimum Gasteiger partial charge on any atom is -0.492 e. The van der Waals surface area contributed by atoms with Crippen LogP contribution in [0, 0.1) is 6.92 Å². The van der Waals surface area contributed by atoms with Gasteiger partial charge in [-0.2, -0.15) is 0 Å². The zero-order chi connectivity index (χ0) is 20.9. The molecule has 1 fully saturated rings. The van der Waals surface area contributed by atoms with Crippen LogP contribution in [0.25, 0.3) is 10.2 Å². The summed E-state index contributed by atoms with van der Waals surface area (Å²) < 4.78 is 17.4. The molecule has 0 unspecified atom stereocenters. The van der Waals surface area contributed by atoms with Crippen molar-refractivity contribution in [2.24, 2.45) is 0 Å². The largest absolute Gasteiger partial charge is 0.492 e. The number of carbonyl (C=O) groups is 1. The number of para-hydroxylation sites is 1. The van der Waals surface area contributed by atoms with E-state index in [9.17, 15) is 4.79 Å². The fourth-order valence-electron chi connectivity index (χ4n) is 3.46. The van der Waals surface area contributed by atoms with Crippen molar-refractivity contribution < 1.29 is 18.8 Å². The lowest BCUT2D eigenvalue weighted by Crippen LogP contribution is -2.39. The number of halogens is 1. The first-order valence-corrected chi connectivity index (χ1v) is 11.0. The highest BCUT2D eigenvalue weighted by Crippen LogP contribution is 2.35. The summed E-state index contributed by atoms with van der Waals surface area (Å²) in [6, 6.07) is 7.50. The average molecular weight is 467 g/mol. The number of amides is 1. The van der Waals surface area contributed by atoms with Gasteiger partial charge in [0.15, 0.2) is 5.13 Å². The van der Waals surface area contributed by atoms with Crippen molar-refractivity contribution >= 4 is 45.0 Å². The Balaban J connectivity index is 0.00000272. The van der Waals surface area contributed by atoms with E-state index in [2.05, 4.69) is 10.1 Å². The van der Waals surface area contributed by atoms with Gasteiger partial charge in [0.2, 0.25) is 5.76 Å². The zero-order valence-electron chi connectivity index (χ0n) is 17.7. The smallest absolute Gasteiger partial charge is 0.298 e. The van der Waals surface area contributed by atoms with E-state index in [0.717, 1.165) is 55.2 Å². The Hall–Kier alpha value is -2.20. The van der Waals surface area contributed by atoms with Crippen molar-refractivity contribution in [2.45, 2.75) is 20.3 Å². The van der Waals surface area contributed by atoms with Crippen molar-refractivity contribution in [3.63, 3.8) is 0 Å². The van der Waals surface area contributed by atoms with E-state index in [4.69, 9.17) is 19.0 Å². The van der Waals surface area contributed by atoms with Gasteiger partial charge in [-0.15, -0.1) is 12.4 Å². The third-order valence-corrected chi connectivity index (χ3v) is 5.99. The van der Waals surface area contributed by atoms with E-state index in [1.54, 1.807) is 17.9 Å². The molecule has 8 nitrogen and oxygen atoms in total. The normalized spacial score (nSPS) is 14.4. The van der Waals surface area contributed by atoms with E-state index < -0.39 is 0 Å². The SMILES string of the molecule is CCOc1cccc2sc(N(CCCN3CCOCC3)C(=O)c3cc(C)no3)nc12.Cl. The number of hydrogen-bond donors (Lipinski definition) is 0. The van der Waals surface area contributed by atoms with E-state index in [0.29, 0.717) is 24.0 Å². The molecule has 0 saturated carbocycles. The van der Waals surface area contributed by atoms with E-state index in [-0.39, 0.29) is 24.1 Å². The molecule has 2 aromatic heterocycles. The van der Waals surface area contributed by atoms with Gasteiger partial charge in [-0.05, 0) is 32.4 Å². The molecule has 3 heterocycles. The van der Waals surface area contributed by atoms with Crippen LogP contribution in [0.15, 0.2) is 28.8 Å². The third kappa shape index (κ3) is 5.54. The van der Waals surface area contributed by atoms with Crippen LogP contribution in [0.4, 0.5) is 5.13 Å². The number of hydrogen-bond acceptors (Lipinski definition) is 8. The average Bonchev–Trinajstić information content (AvgIpc) is 3.38. The number of rotatable bonds is 8. The molecule has 4 rings (SSSR count). The Kier molecular flexibility index (Phi) is 8.25. The van der Waals surface area contributed by atoms with Gasteiger partial charge in [0.05, 0.1) is 30.2 Å². The van der Waals surface area contributed by atoms with Crippen LogP contribution in [0.2, 0.25) is 0 Å². The molecule has 1 aliphatic heterocycles. The van der Waals surface area contributed by atoms with Crippen LogP contribution in [0.1, 0.15) is 29.6 Å². The second-order valence-corrected chi connectivity index (χ2v) is 8.14. The molecule has 1 saturated heterocycles. The van der Waals surface area contributed by atoms with Crippen LogP contribution in [0.5, 0.6) is 5.75 Å². The lowest BCUT2D eigenvalue weighted by Gasteiger charge is -2.27. The summed E-state index contributed by atoms with van der Waals surface area (Å²) >= 11 is 1.48. The Morgan fingerprint density at radius 1 is 1.32 bits per heavy atom. The maximum absolute atomic E-state index is 13.2. The molecule has 1 aromatic carbocycles. The maximum atomic E-state index is 13.2. The van der Waals surface area contributed by atoms with Crippen LogP contribution in [0.3, 0.4) is 0 Å². The van der Waals surface area contributed by atoms with Gasteiger partial charge in [0.1, 0.15) is 11.3 Å². The number of anilines is 1. The van der Waals surface area contributed by atoms with Crippen LogP contribution in [-0.4, -0.2) is 66.9 Å². The van der Waals surface area contributed by atoms with Gasteiger partial charge in [0, 0.05) is 32.2 Å². The summed E-state index contributed by atoms with van der Waals surface area (Å²) in [7, 11) is 0. The monoisotopic (exact) mass is 466 g/mol. The summed E-state index contributed by atoms with van der Waals surface area (Å²) in [5.41, 5.74) is 1.45. The van der Waals surface area contributed by atoms with Crippen molar-refractivity contribution in [2.75, 3.05) is 50.9 Å². The predicted molar refractivity (Wildman–Crippen MR) is 123 cm³/mol. The number of nitrogens with zero attached hydrogens (tertiary/aromatic N) is 4. The molecular weight excluding hydrogens is 440 g/mol. The molecule has 168 valence electrons. The van der Waals surface area contributed by atoms with Crippen molar-refractivity contribution in [3.05, 3.63) is 35.7 Å². The number of morpholine rings is 1. The third-order valence-electron chi connectivity index (χ3n) is 4.95. The molecule has 1 amide bonds. The maximum Gasteiger partial charge on any atom is 0.298 e. The lowest BCUT2D eigenvalue weighted by molar-refractivity contribution is 0.0376. The number of thiazole rings is 1. The van der Waals surface area contributed by atoms with Gasteiger partial charge >= 0.3 is 0 Å².